The molecule has 3 nitrogen and oxygen atoms in total. The Hall–Kier alpha value is -1.73. The zero-order valence-corrected chi connectivity index (χ0v) is 13.1. The van der Waals surface area contributed by atoms with Gasteiger partial charge in [0.25, 0.3) is 0 Å². The molecule has 0 saturated carbocycles. The summed E-state index contributed by atoms with van der Waals surface area (Å²) < 4.78 is 11.2. The Kier molecular flexibility index (Phi) is 7.52. The lowest BCUT2D eigenvalue weighted by Crippen LogP contribution is -2.15. The van der Waals surface area contributed by atoms with Crippen molar-refractivity contribution >= 4 is 17.2 Å². The van der Waals surface area contributed by atoms with Gasteiger partial charge in [0.1, 0.15) is 6.61 Å². The molecule has 0 aliphatic rings. The van der Waals surface area contributed by atoms with Crippen LogP contribution in [-0.2, 0) is 6.42 Å². The zero-order valence-electron chi connectivity index (χ0n) is 12.3. The van der Waals surface area contributed by atoms with Crippen LogP contribution in [-0.4, -0.2) is 25.2 Å². The van der Waals surface area contributed by atoms with E-state index in [9.17, 15) is 0 Å². The Morgan fingerprint density at radius 2 is 2.10 bits per heavy atom. The summed E-state index contributed by atoms with van der Waals surface area (Å²) in [6.07, 6.45) is 1.72. The van der Waals surface area contributed by atoms with Crippen molar-refractivity contribution < 1.29 is 9.47 Å². The van der Waals surface area contributed by atoms with Crippen molar-refractivity contribution in [2.45, 2.75) is 26.7 Å². The summed E-state index contributed by atoms with van der Waals surface area (Å²) in [5, 5.41) is 2.98. The van der Waals surface area contributed by atoms with Gasteiger partial charge in [-0.05, 0) is 38.0 Å². The summed E-state index contributed by atoms with van der Waals surface area (Å²) in [4.78, 5) is 0.863. The number of benzene rings is 1. The average Bonchev–Trinajstić information content (AvgIpc) is 2.47. The average molecular weight is 291 g/mol. The van der Waals surface area contributed by atoms with E-state index in [1.54, 1.807) is 6.92 Å². The summed E-state index contributed by atoms with van der Waals surface area (Å²) in [6, 6.07) is 5.98. The minimum atomic E-state index is 0.375. The van der Waals surface area contributed by atoms with Crippen molar-refractivity contribution in [2.75, 3.05) is 20.3 Å². The van der Waals surface area contributed by atoms with Crippen LogP contribution in [0.4, 0.5) is 0 Å². The van der Waals surface area contributed by atoms with Gasteiger partial charge in [-0.3, -0.25) is 0 Å². The van der Waals surface area contributed by atoms with Gasteiger partial charge in [0.2, 0.25) is 0 Å². The van der Waals surface area contributed by atoms with Crippen molar-refractivity contribution in [1.82, 2.24) is 5.32 Å². The lowest BCUT2D eigenvalue weighted by atomic mass is 10.1. The maximum absolute atomic E-state index is 5.62. The Labute approximate surface area is 126 Å². The molecular weight excluding hydrogens is 270 g/mol. The molecule has 0 aromatic heterocycles. The van der Waals surface area contributed by atoms with Crippen molar-refractivity contribution in [2.24, 2.45) is 0 Å². The Bertz CT molecular complexity index is 503. The first-order valence-corrected chi connectivity index (χ1v) is 7.10. The predicted octanol–water partition coefficient (Wildman–Crippen LogP) is 2.97. The van der Waals surface area contributed by atoms with Crippen LogP contribution >= 0.6 is 12.2 Å². The van der Waals surface area contributed by atoms with Gasteiger partial charge in [-0.15, -0.1) is 5.92 Å². The molecule has 1 rings (SSSR count). The number of hydrogen-bond donors (Lipinski definition) is 1. The number of ether oxygens (including phenoxy) is 2. The molecule has 0 amide bonds. The van der Waals surface area contributed by atoms with E-state index >= 15 is 0 Å². The lowest BCUT2D eigenvalue weighted by Gasteiger charge is -2.12. The summed E-state index contributed by atoms with van der Waals surface area (Å²) in [5.74, 6) is 7.17. The molecule has 1 aromatic rings. The third kappa shape index (κ3) is 5.50. The molecule has 0 unspecified atom stereocenters. The molecule has 0 saturated heterocycles. The summed E-state index contributed by atoms with van der Waals surface area (Å²) in [6.45, 7) is 4.73. The standard InChI is InChI=1S/C16H21NO2S/c1-4-6-11-19-14-9-7-13(8-10-16(20)17-3)12-15(14)18-5-2/h7,9,12H,5,8,10-11H2,1-3H3,(H,17,20). The number of rotatable bonds is 7. The lowest BCUT2D eigenvalue weighted by molar-refractivity contribution is 0.299. The summed E-state index contributed by atoms with van der Waals surface area (Å²) in [5.41, 5.74) is 1.18. The molecule has 0 bridgehead atoms. The van der Waals surface area contributed by atoms with E-state index in [-0.39, 0.29) is 0 Å². The number of hydrogen-bond acceptors (Lipinski definition) is 3. The number of aryl methyl sites for hydroxylation is 1. The minimum Gasteiger partial charge on any atom is -0.490 e. The highest BCUT2D eigenvalue weighted by molar-refractivity contribution is 7.80. The van der Waals surface area contributed by atoms with Crippen LogP contribution in [0, 0.1) is 11.8 Å². The molecule has 20 heavy (non-hydrogen) atoms. The van der Waals surface area contributed by atoms with Crippen molar-refractivity contribution in [3.05, 3.63) is 23.8 Å². The molecule has 1 aromatic carbocycles. The van der Waals surface area contributed by atoms with Gasteiger partial charge in [0.15, 0.2) is 11.5 Å². The van der Waals surface area contributed by atoms with Crippen molar-refractivity contribution in [1.29, 1.82) is 0 Å². The molecule has 1 N–H and O–H groups in total. The normalized spacial score (nSPS) is 9.35. The van der Waals surface area contributed by atoms with Crippen LogP contribution < -0.4 is 14.8 Å². The predicted molar refractivity (Wildman–Crippen MR) is 86.5 cm³/mol. The quantitative estimate of drug-likeness (QED) is 0.618. The maximum atomic E-state index is 5.62. The van der Waals surface area contributed by atoms with E-state index in [0.717, 1.165) is 29.3 Å². The van der Waals surface area contributed by atoms with Crippen LogP contribution in [0.25, 0.3) is 0 Å². The first kappa shape index (κ1) is 16.3. The Balaban J connectivity index is 2.76. The van der Waals surface area contributed by atoms with Crippen LogP contribution in [0.1, 0.15) is 25.8 Å². The highest BCUT2D eigenvalue weighted by atomic mass is 32.1. The topological polar surface area (TPSA) is 30.5 Å². The molecule has 0 heterocycles. The fraction of sp³-hybridized carbons (Fsp3) is 0.438. The van der Waals surface area contributed by atoms with Gasteiger partial charge in [-0.2, -0.15) is 0 Å². The van der Waals surface area contributed by atoms with Crippen molar-refractivity contribution in [3.8, 4) is 23.3 Å². The third-order valence-corrected chi connectivity index (χ3v) is 3.11. The highest BCUT2D eigenvalue weighted by Gasteiger charge is 2.06. The molecule has 108 valence electrons. The highest BCUT2D eigenvalue weighted by Crippen LogP contribution is 2.28. The van der Waals surface area contributed by atoms with Gasteiger partial charge in [-0.1, -0.05) is 24.2 Å². The second kappa shape index (κ2) is 9.22. The molecule has 0 atom stereocenters. The Morgan fingerprint density at radius 3 is 2.75 bits per heavy atom. The van der Waals surface area contributed by atoms with Crippen LogP contribution in [0.3, 0.4) is 0 Å². The molecule has 0 aliphatic carbocycles. The second-order valence-electron chi connectivity index (χ2n) is 4.10. The van der Waals surface area contributed by atoms with Gasteiger partial charge < -0.3 is 14.8 Å². The number of nitrogens with one attached hydrogen (secondary N) is 1. The van der Waals surface area contributed by atoms with Gasteiger partial charge in [0, 0.05) is 13.5 Å². The zero-order chi connectivity index (χ0) is 14.8. The van der Waals surface area contributed by atoms with Crippen LogP contribution in [0.5, 0.6) is 11.5 Å². The van der Waals surface area contributed by atoms with Crippen LogP contribution in [0.15, 0.2) is 18.2 Å². The minimum absolute atomic E-state index is 0.375. The first-order chi connectivity index (χ1) is 9.71. The molecule has 0 fully saturated rings. The second-order valence-corrected chi connectivity index (χ2v) is 4.60. The molecule has 0 radical (unpaired) electrons. The molecule has 0 spiro atoms. The fourth-order valence-electron chi connectivity index (χ4n) is 1.66. The van der Waals surface area contributed by atoms with E-state index in [1.165, 1.54) is 5.56 Å². The van der Waals surface area contributed by atoms with Gasteiger partial charge in [-0.25, -0.2) is 0 Å². The fourth-order valence-corrected chi connectivity index (χ4v) is 1.77. The smallest absolute Gasteiger partial charge is 0.162 e. The van der Waals surface area contributed by atoms with Gasteiger partial charge in [0.05, 0.1) is 11.6 Å². The van der Waals surface area contributed by atoms with E-state index in [0.29, 0.717) is 13.2 Å². The van der Waals surface area contributed by atoms with E-state index < -0.39 is 0 Å². The summed E-state index contributed by atoms with van der Waals surface area (Å²) >= 11 is 5.15. The number of thiocarbonyl (C=S) groups is 1. The Morgan fingerprint density at radius 1 is 1.30 bits per heavy atom. The van der Waals surface area contributed by atoms with Crippen molar-refractivity contribution in [3.63, 3.8) is 0 Å². The maximum Gasteiger partial charge on any atom is 0.162 e. The molecule has 0 aliphatic heterocycles. The van der Waals surface area contributed by atoms with E-state index in [1.807, 2.05) is 32.2 Å². The van der Waals surface area contributed by atoms with Gasteiger partial charge >= 0.3 is 0 Å². The third-order valence-electron chi connectivity index (χ3n) is 2.70. The SMILES string of the molecule is CC#CCOc1ccc(CCC(=S)NC)cc1OCC. The largest absolute Gasteiger partial charge is 0.490 e. The van der Waals surface area contributed by atoms with Crippen LogP contribution in [0.2, 0.25) is 0 Å². The molecular formula is C16H21NO2S. The molecule has 4 heteroatoms. The first-order valence-electron chi connectivity index (χ1n) is 6.70. The monoisotopic (exact) mass is 291 g/mol. The van der Waals surface area contributed by atoms with E-state index in [2.05, 4.69) is 17.2 Å². The van der Waals surface area contributed by atoms with E-state index in [4.69, 9.17) is 21.7 Å². The summed E-state index contributed by atoms with van der Waals surface area (Å²) in [7, 11) is 1.85.